The van der Waals surface area contributed by atoms with Gasteiger partial charge in [0.2, 0.25) is 11.8 Å². The SMILES string of the molecule is Cc1cc(-c2ccc(CCCCCCOCCOCCCC(=O)COc3cccc4c3C(=O)N(C3CCC(=O)NC3=O)C4=O)c(-c3ccc(Cl)c(C)c3)c2O)n(C)n1. The highest BCUT2D eigenvalue weighted by molar-refractivity contribution is 6.31. The molecule has 3 heterocycles. The van der Waals surface area contributed by atoms with E-state index in [0.29, 0.717) is 37.9 Å². The lowest BCUT2D eigenvalue weighted by molar-refractivity contribution is -0.136. The molecule has 58 heavy (non-hydrogen) atoms. The Bertz CT molecular complexity index is 2200. The maximum atomic E-state index is 13.2. The third kappa shape index (κ3) is 9.83. The van der Waals surface area contributed by atoms with Crippen molar-refractivity contribution in [2.75, 3.05) is 33.0 Å². The number of aromatic hydroxyl groups is 1. The van der Waals surface area contributed by atoms with E-state index in [0.717, 1.165) is 76.2 Å². The molecule has 1 fully saturated rings. The third-order valence-electron chi connectivity index (χ3n) is 10.4. The Kier molecular flexibility index (Phi) is 14.1. The van der Waals surface area contributed by atoms with Crippen molar-refractivity contribution >= 4 is 41.0 Å². The van der Waals surface area contributed by atoms with Crippen LogP contribution in [-0.2, 0) is 37.3 Å². The molecule has 3 aromatic carbocycles. The number of ketones is 1. The first-order valence-electron chi connectivity index (χ1n) is 19.7. The predicted octanol–water partition coefficient (Wildman–Crippen LogP) is 6.70. The number of rotatable bonds is 20. The van der Waals surface area contributed by atoms with E-state index in [1.807, 2.05) is 51.2 Å². The number of aryl methyl sites for hydroxylation is 4. The molecular formula is C44H49ClN4O9. The van der Waals surface area contributed by atoms with Crippen molar-refractivity contribution < 1.29 is 43.3 Å². The van der Waals surface area contributed by atoms with Crippen LogP contribution >= 0.6 is 11.6 Å². The Labute approximate surface area is 342 Å². The molecule has 0 spiro atoms. The van der Waals surface area contributed by atoms with Gasteiger partial charge in [0.05, 0.1) is 35.7 Å². The number of halogens is 1. The molecule has 0 saturated carbocycles. The number of phenols is 1. The molecule has 1 unspecified atom stereocenters. The molecule has 4 amide bonds. The van der Waals surface area contributed by atoms with Crippen LogP contribution in [0.1, 0.15) is 88.9 Å². The summed E-state index contributed by atoms with van der Waals surface area (Å²) in [7, 11) is 1.88. The standard InChI is InChI=1S/C44H49ClN4O9/c1-27-24-30(15-17-34(27)45)39-29(14-16-32(41(39)52)36-25-28(2)47-48(36)3)10-6-4-5-7-20-56-22-23-57-21-9-11-31(50)26-58-37-13-8-12-33-40(37)44(55)49(43(33)54)35-18-19-38(51)46-42(35)53/h8,12-17,24-25,35,52H,4-7,9-11,18-23,26H2,1-3H3,(H,46,51,53). The van der Waals surface area contributed by atoms with Crippen molar-refractivity contribution in [1.29, 1.82) is 0 Å². The van der Waals surface area contributed by atoms with Crippen LogP contribution in [0.2, 0.25) is 5.02 Å². The molecular weight excluding hydrogens is 764 g/mol. The zero-order valence-electron chi connectivity index (χ0n) is 33.1. The number of unbranched alkanes of at least 4 members (excludes halogenated alkanes) is 3. The van der Waals surface area contributed by atoms with Gasteiger partial charge < -0.3 is 19.3 Å². The summed E-state index contributed by atoms with van der Waals surface area (Å²) in [4.78, 5) is 63.5. The van der Waals surface area contributed by atoms with Gasteiger partial charge in [0, 0.05) is 49.3 Å². The lowest BCUT2D eigenvalue weighted by Gasteiger charge is -2.27. The van der Waals surface area contributed by atoms with Crippen LogP contribution in [0.5, 0.6) is 11.5 Å². The zero-order valence-corrected chi connectivity index (χ0v) is 33.9. The third-order valence-corrected chi connectivity index (χ3v) is 10.8. The van der Waals surface area contributed by atoms with Crippen molar-refractivity contribution in [3.8, 4) is 33.9 Å². The molecule has 1 aromatic heterocycles. The molecule has 6 rings (SSSR count). The highest BCUT2D eigenvalue weighted by Crippen LogP contribution is 2.42. The first-order valence-corrected chi connectivity index (χ1v) is 20.1. The number of imide groups is 2. The average Bonchev–Trinajstić information content (AvgIpc) is 3.66. The van der Waals surface area contributed by atoms with Gasteiger partial charge in [0.1, 0.15) is 24.1 Å². The Morgan fingerprint density at radius 2 is 1.64 bits per heavy atom. The van der Waals surface area contributed by atoms with E-state index in [4.69, 9.17) is 25.8 Å². The fourth-order valence-electron chi connectivity index (χ4n) is 7.43. The minimum absolute atomic E-state index is 0.00614. The molecule has 14 heteroatoms. The number of ether oxygens (including phenoxy) is 3. The van der Waals surface area contributed by atoms with Gasteiger partial charge in [-0.25, -0.2) is 0 Å². The number of nitrogens with zero attached hydrogens (tertiary/aromatic N) is 3. The van der Waals surface area contributed by atoms with Crippen LogP contribution in [0.4, 0.5) is 0 Å². The molecule has 2 N–H and O–H groups in total. The van der Waals surface area contributed by atoms with Gasteiger partial charge in [-0.05, 0) is 99.0 Å². The summed E-state index contributed by atoms with van der Waals surface area (Å²) < 4.78 is 18.8. The second-order valence-corrected chi connectivity index (χ2v) is 15.1. The molecule has 13 nitrogen and oxygen atoms in total. The summed E-state index contributed by atoms with van der Waals surface area (Å²) in [6, 6.07) is 15.3. The fourth-order valence-corrected chi connectivity index (χ4v) is 7.55. The maximum absolute atomic E-state index is 13.2. The molecule has 0 aliphatic carbocycles. The first-order chi connectivity index (χ1) is 27.9. The fraction of sp³-hybridized carbons (Fsp3) is 0.409. The molecule has 306 valence electrons. The lowest BCUT2D eigenvalue weighted by atomic mass is 9.91. The number of amides is 4. The van der Waals surface area contributed by atoms with E-state index in [-0.39, 0.29) is 54.3 Å². The molecule has 0 radical (unpaired) electrons. The van der Waals surface area contributed by atoms with E-state index in [2.05, 4.69) is 16.5 Å². The van der Waals surface area contributed by atoms with Crippen molar-refractivity contribution in [2.45, 2.75) is 77.7 Å². The highest BCUT2D eigenvalue weighted by Gasteiger charge is 2.46. The Morgan fingerprint density at radius 3 is 2.36 bits per heavy atom. The molecule has 1 saturated heterocycles. The normalized spacial score (nSPS) is 15.2. The van der Waals surface area contributed by atoms with Gasteiger partial charge in [-0.2, -0.15) is 5.10 Å². The minimum atomic E-state index is -1.09. The molecule has 4 aromatic rings. The lowest BCUT2D eigenvalue weighted by Crippen LogP contribution is -2.54. The summed E-state index contributed by atoms with van der Waals surface area (Å²) in [6.45, 7) is 5.46. The predicted molar refractivity (Wildman–Crippen MR) is 217 cm³/mol. The number of piperidine rings is 1. The van der Waals surface area contributed by atoms with Gasteiger partial charge in [0.25, 0.3) is 11.8 Å². The van der Waals surface area contributed by atoms with E-state index < -0.39 is 29.7 Å². The molecule has 0 bridgehead atoms. The van der Waals surface area contributed by atoms with Crippen LogP contribution in [0, 0.1) is 13.8 Å². The van der Waals surface area contributed by atoms with Crippen LogP contribution in [-0.4, -0.2) is 88.3 Å². The van der Waals surface area contributed by atoms with Gasteiger partial charge in [-0.3, -0.25) is 38.9 Å². The Hall–Kier alpha value is -5.37. The monoisotopic (exact) mass is 812 g/mol. The summed E-state index contributed by atoms with van der Waals surface area (Å²) in [5, 5.41) is 18.9. The smallest absolute Gasteiger partial charge is 0.266 e. The van der Waals surface area contributed by atoms with E-state index in [9.17, 15) is 29.1 Å². The first kappa shape index (κ1) is 42.2. The van der Waals surface area contributed by atoms with Gasteiger partial charge in [-0.15, -0.1) is 0 Å². The summed E-state index contributed by atoms with van der Waals surface area (Å²) in [6.07, 6.45) is 5.48. The van der Waals surface area contributed by atoms with Gasteiger partial charge in [0.15, 0.2) is 5.78 Å². The number of hydrogen-bond acceptors (Lipinski definition) is 10. The van der Waals surface area contributed by atoms with E-state index in [1.165, 1.54) is 12.1 Å². The number of fused-ring (bicyclic) bond motifs is 1. The zero-order chi connectivity index (χ0) is 41.3. The number of Topliss-reactive ketones (excluding diaryl/α,β-unsaturated/α-hetero) is 1. The van der Waals surface area contributed by atoms with Gasteiger partial charge >= 0.3 is 0 Å². The second kappa shape index (κ2) is 19.4. The largest absolute Gasteiger partial charge is 0.507 e. The van der Waals surface area contributed by atoms with Crippen molar-refractivity contribution in [2.24, 2.45) is 7.05 Å². The Morgan fingerprint density at radius 1 is 0.879 bits per heavy atom. The number of benzene rings is 3. The van der Waals surface area contributed by atoms with Crippen molar-refractivity contribution in [3.63, 3.8) is 0 Å². The second-order valence-electron chi connectivity index (χ2n) is 14.7. The molecule has 1 atom stereocenters. The van der Waals surface area contributed by atoms with E-state index in [1.54, 1.807) is 10.7 Å². The number of aromatic nitrogens is 2. The number of phenolic OH excluding ortho intramolecular Hbond substituents is 1. The van der Waals surface area contributed by atoms with Crippen LogP contribution < -0.4 is 10.1 Å². The van der Waals surface area contributed by atoms with Crippen molar-refractivity contribution in [1.82, 2.24) is 20.0 Å². The Balaban J connectivity index is 0.852. The summed E-state index contributed by atoms with van der Waals surface area (Å²) >= 11 is 6.33. The van der Waals surface area contributed by atoms with Crippen LogP contribution in [0.25, 0.3) is 22.4 Å². The quantitative estimate of drug-likeness (QED) is 0.0725. The highest BCUT2D eigenvalue weighted by atomic mass is 35.5. The minimum Gasteiger partial charge on any atom is -0.507 e. The van der Waals surface area contributed by atoms with Crippen LogP contribution in [0.15, 0.2) is 54.6 Å². The molecule has 2 aliphatic rings. The topological polar surface area (TPSA) is 166 Å². The van der Waals surface area contributed by atoms with E-state index >= 15 is 0 Å². The number of nitrogens with one attached hydrogen (secondary N) is 1. The number of carbonyl (C=O) groups is 5. The van der Waals surface area contributed by atoms with Crippen LogP contribution in [0.3, 0.4) is 0 Å². The average molecular weight is 813 g/mol. The molecule has 2 aliphatic heterocycles. The number of hydrogen-bond donors (Lipinski definition) is 2. The number of carbonyl (C=O) groups excluding carboxylic acids is 5. The maximum Gasteiger partial charge on any atom is 0.266 e. The summed E-state index contributed by atoms with van der Waals surface area (Å²) in [5.41, 5.74) is 6.36. The van der Waals surface area contributed by atoms with Gasteiger partial charge in [-0.1, -0.05) is 42.6 Å². The van der Waals surface area contributed by atoms with Crippen molar-refractivity contribution in [3.05, 3.63) is 87.6 Å². The summed E-state index contributed by atoms with van der Waals surface area (Å²) in [5.74, 6) is -2.34.